The van der Waals surface area contributed by atoms with Crippen LogP contribution in [0.5, 0.6) is 0 Å². The number of nitrogens with zero attached hydrogens (tertiary/aromatic N) is 1. The minimum absolute atomic E-state index is 0.104. The zero-order valence-corrected chi connectivity index (χ0v) is 18.2. The Labute approximate surface area is 193 Å². The molecule has 0 unspecified atom stereocenters. The van der Waals surface area contributed by atoms with Crippen LogP contribution in [0, 0.1) is 0 Å². The molecule has 0 atom stereocenters. The lowest BCUT2D eigenvalue weighted by Crippen LogP contribution is -2.21. The molecule has 0 bridgehead atoms. The average Bonchev–Trinajstić information content (AvgIpc) is 2.74. The van der Waals surface area contributed by atoms with Crippen molar-refractivity contribution in [3.8, 4) is 0 Å². The van der Waals surface area contributed by atoms with Crippen LogP contribution in [0.15, 0.2) is 84.1 Å². The number of aromatic amines is 1. The van der Waals surface area contributed by atoms with Gasteiger partial charge in [0.15, 0.2) is 6.20 Å². The molecule has 2 N–H and O–H groups in total. The molecule has 0 radical (unpaired) electrons. The predicted octanol–water partition coefficient (Wildman–Crippen LogP) is 5.11. The van der Waals surface area contributed by atoms with Crippen LogP contribution in [0.1, 0.15) is 15.9 Å². The number of hydrogen-bond donors (Lipinski definition) is 1. The number of fused-ring (bicyclic) bond motifs is 1. The Morgan fingerprint density at radius 2 is 1.61 bits per heavy atom. The first kappa shape index (κ1) is 22.6. The van der Waals surface area contributed by atoms with Gasteiger partial charge in [0, 0.05) is 27.2 Å². The van der Waals surface area contributed by atoms with Gasteiger partial charge in [0.1, 0.15) is 0 Å². The molecule has 0 aliphatic rings. The zero-order valence-electron chi connectivity index (χ0n) is 16.0. The summed E-state index contributed by atoms with van der Waals surface area (Å²) in [5, 5.41) is 17.2. The number of hydrazone groups is 1. The van der Waals surface area contributed by atoms with Crippen molar-refractivity contribution in [2.24, 2.45) is 5.10 Å². The number of nitrogens with one attached hydrogen (secondary N) is 2. The standard InChI is InChI=1S/C16H11Cl2N3.C7H5ClO2/c17-12-3-1-2-11(8-12)10-20-21-15-6-7-19-16-9-13(18)4-5-14(15)16;8-6-3-1-2-5(4-6)7(9)10/h1-10H,(H,19,21);1-4H,(H,9,10)/b20-10+;. The molecule has 1 heterocycles. The van der Waals surface area contributed by atoms with Crippen molar-refractivity contribution < 1.29 is 14.9 Å². The summed E-state index contributed by atoms with van der Waals surface area (Å²) >= 11 is 17.4. The van der Waals surface area contributed by atoms with E-state index in [0.29, 0.717) is 15.1 Å². The molecule has 0 saturated carbocycles. The maximum atomic E-state index is 10.2. The topological polar surface area (TPSA) is 78.7 Å². The number of H-pyrrole nitrogens is 1. The van der Waals surface area contributed by atoms with Crippen molar-refractivity contribution in [2.75, 3.05) is 5.43 Å². The minimum Gasteiger partial charge on any atom is -0.545 e. The second-order valence-electron chi connectivity index (χ2n) is 6.30. The van der Waals surface area contributed by atoms with Gasteiger partial charge in [-0.25, -0.2) is 4.98 Å². The summed E-state index contributed by atoms with van der Waals surface area (Å²) in [6, 6.07) is 21.1. The third kappa shape index (κ3) is 6.69. The predicted molar refractivity (Wildman–Crippen MR) is 124 cm³/mol. The Morgan fingerprint density at radius 3 is 2.29 bits per heavy atom. The zero-order chi connectivity index (χ0) is 22.2. The Bertz CT molecular complexity index is 1250. The van der Waals surface area contributed by atoms with Crippen LogP contribution in [-0.2, 0) is 0 Å². The van der Waals surface area contributed by atoms with Gasteiger partial charge in [-0.15, -0.1) is 0 Å². The molecule has 4 rings (SSSR count). The highest BCUT2D eigenvalue weighted by Crippen LogP contribution is 2.22. The molecule has 5 nitrogen and oxygen atoms in total. The lowest BCUT2D eigenvalue weighted by molar-refractivity contribution is -0.344. The van der Waals surface area contributed by atoms with Gasteiger partial charge in [0.25, 0.3) is 0 Å². The van der Waals surface area contributed by atoms with E-state index in [1.54, 1.807) is 18.3 Å². The fourth-order valence-electron chi connectivity index (χ4n) is 2.65. The van der Waals surface area contributed by atoms with Crippen molar-refractivity contribution in [2.45, 2.75) is 0 Å². The number of carbonyl (C=O) groups excluding carboxylic acids is 1. The van der Waals surface area contributed by atoms with E-state index in [1.165, 1.54) is 12.1 Å². The van der Waals surface area contributed by atoms with E-state index in [9.17, 15) is 9.90 Å². The highest BCUT2D eigenvalue weighted by molar-refractivity contribution is 6.31. The van der Waals surface area contributed by atoms with Crippen LogP contribution < -0.4 is 15.5 Å². The molecule has 0 aliphatic carbocycles. The third-order valence-electron chi connectivity index (χ3n) is 4.07. The Kier molecular flexibility index (Phi) is 7.84. The summed E-state index contributed by atoms with van der Waals surface area (Å²) in [5.74, 6) is -1.21. The Hall–Kier alpha value is -3.12. The molecular formula is C23H16Cl3N3O2. The van der Waals surface area contributed by atoms with Gasteiger partial charge in [-0.05, 0) is 47.5 Å². The van der Waals surface area contributed by atoms with Gasteiger partial charge in [-0.1, -0.05) is 59.1 Å². The molecule has 8 heteroatoms. The Balaban J connectivity index is 0.000000229. The third-order valence-corrected chi connectivity index (χ3v) is 4.77. The molecule has 4 aromatic rings. The molecule has 0 fully saturated rings. The van der Waals surface area contributed by atoms with Gasteiger partial charge in [0.05, 0.1) is 23.3 Å². The summed E-state index contributed by atoms with van der Waals surface area (Å²) in [4.78, 5) is 13.3. The SMILES string of the molecule is Clc1cccc(/C=N/Nc2cc[nH+]c3cc(Cl)ccc23)c1.O=C([O-])c1cccc(Cl)c1. The number of carbonyl (C=O) groups is 1. The number of halogens is 3. The normalized spacial score (nSPS) is 10.5. The molecule has 0 amide bonds. The molecule has 31 heavy (non-hydrogen) atoms. The quantitative estimate of drug-likeness (QED) is 0.331. The lowest BCUT2D eigenvalue weighted by Gasteiger charge is -2.02. The highest BCUT2D eigenvalue weighted by Gasteiger charge is 2.06. The first-order chi connectivity index (χ1) is 14.9. The van der Waals surface area contributed by atoms with E-state index >= 15 is 0 Å². The monoisotopic (exact) mass is 471 g/mol. The highest BCUT2D eigenvalue weighted by atomic mass is 35.5. The van der Waals surface area contributed by atoms with Gasteiger partial charge < -0.3 is 9.90 Å². The Morgan fingerprint density at radius 1 is 0.903 bits per heavy atom. The van der Waals surface area contributed by atoms with E-state index in [1.807, 2.05) is 54.7 Å². The first-order valence-corrected chi connectivity index (χ1v) is 10.2. The van der Waals surface area contributed by atoms with E-state index < -0.39 is 5.97 Å². The molecule has 156 valence electrons. The maximum Gasteiger partial charge on any atom is 0.214 e. The van der Waals surface area contributed by atoms with Crippen LogP contribution >= 0.6 is 34.8 Å². The van der Waals surface area contributed by atoms with Crippen LogP contribution in [0.2, 0.25) is 15.1 Å². The minimum atomic E-state index is -1.21. The number of anilines is 1. The van der Waals surface area contributed by atoms with Crippen molar-refractivity contribution in [1.82, 2.24) is 0 Å². The number of rotatable bonds is 4. The van der Waals surface area contributed by atoms with Crippen LogP contribution in [0.4, 0.5) is 5.69 Å². The number of hydrogen-bond acceptors (Lipinski definition) is 4. The van der Waals surface area contributed by atoms with E-state index in [0.717, 1.165) is 22.2 Å². The molecule has 0 aliphatic heterocycles. The van der Waals surface area contributed by atoms with Crippen molar-refractivity contribution in [1.29, 1.82) is 0 Å². The van der Waals surface area contributed by atoms with Gasteiger partial charge in [0.2, 0.25) is 5.52 Å². The van der Waals surface area contributed by atoms with Crippen LogP contribution in [0.3, 0.4) is 0 Å². The van der Waals surface area contributed by atoms with E-state index in [4.69, 9.17) is 34.8 Å². The van der Waals surface area contributed by atoms with E-state index in [2.05, 4.69) is 15.5 Å². The molecule has 0 saturated heterocycles. The number of carboxylic acids is 1. The number of benzene rings is 3. The second-order valence-corrected chi connectivity index (χ2v) is 7.61. The number of pyridine rings is 1. The summed E-state index contributed by atoms with van der Waals surface area (Å²) in [6.07, 6.45) is 3.57. The first-order valence-electron chi connectivity index (χ1n) is 9.04. The molecule has 0 spiro atoms. The average molecular weight is 473 g/mol. The van der Waals surface area contributed by atoms with Crippen LogP contribution in [0.25, 0.3) is 10.9 Å². The fourth-order valence-corrected chi connectivity index (χ4v) is 3.21. The van der Waals surface area contributed by atoms with Gasteiger partial charge in [-0.3, -0.25) is 5.43 Å². The summed E-state index contributed by atoms with van der Waals surface area (Å²) in [6.45, 7) is 0. The van der Waals surface area contributed by atoms with Gasteiger partial charge in [-0.2, -0.15) is 5.10 Å². The van der Waals surface area contributed by atoms with Crippen molar-refractivity contribution >= 4 is 63.6 Å². The second kappa shape index (κ2) is 10.8. The summed E-state index contributed by atoms with van der Waals surface area (Å²) < 4.78 is 0. The lowest BCUT2D eigenvalue weighted by atomic mass is 10.2. The van der Waals surface area contributed by atoms with Crippen molar-refractivity contribution in [3.05, 3.63) is 105 Å². The fraction of sp³-hybridized carbons (Fsp3) is 0. The summed E-state index contributed by atoms with van der Waals surface area (Å²) in [7, 11) is 0. The number of carboxylic acid groups (broad SMARTS) is 1. The van der Waals surface area contributed by atoms with Crippen LogP contribution in [-0.4, -0.2) is 12.2 Å². The number of aromatic nitrogens is 1. The maximum absolute atomic E-state index is 10.2. The molecular weight excluding hydrogens is 457 g/mol. The molecule has 3 aromatic carbocycles. The smallest absolute Gasteiger partial charge is 0.214 e. The number of aromatic carboxylic acids is 1. The van der Waals surface area contributed by atoms with Gasteiger partial charge >= 0.3 is 0 Å². The molecule has 1 aromatic heterocycles. The summed E-state index contributed by atoms with van der Waals surface area (Å²) in [5.41, 5.74) is 5.93. The largest absolute Gasteiger partial charge is 0.545 e. The van der Waals surface area contributed by atoms with E-state index in [-0.39, 0.29) is 5.56 Å². The van der Waals surface area contributed by atoms with Crippen molar-refractivity contribution in [3.63, 3.8) is 0 Å².